The van der Waals surface area contributed by atoms with Crippen LogP contribution in [0, 0.1) is 0 Å². The highest BCUT2D eigenvalue weighted by Gasteiger charge is 2.16. The SMILES string of the molecule is COc1ccccc1NC(=O)C(=O)NCCc1ccc(S(=O)(=O)NC(C)C)cc1. The quantitative estimate of drug-likeness (QED) is 0.564. The molecule has 0 heterocycles. The van der Waals surface area contributed by atoms with Crippen molar-refractivity contribution in [2.45, 2.75) is 31.2 Å². The fourth-order valence-corrected chi connectivity index (χ4v) is 3.79. The Labute approximate surface area is 170 Å². The molecule has 3 N–H and O–H groups in total. The van der Waals surface area contributed by atoms with E-state index in [9.17, 15) is 18.0 Å². The number of sulfonamides is 1. The molecule has 0 radical (unpaired) electrons. The molecule has 0 aliphatic rings. The maximum absolute atomic E-state index is 12.1. The van der Waals surface area contributed by atoms with Crippen LogP contribution in [0.4, 0.5) is 5.69 Å². The maximum atomic E-state index is 12.1. The molecule has 9 heteroatoms. The van der Waals surface area contributed by atoms with Crippen LogP contribution in [0.25, 0.3) is 0 Å². The highest BCUT2D eigenvalue weighted by Crippen LogP contribution is 2.22. The minimum absolute atomic E-state index is 0.176. The first kappa shape index (κ1) is 22.4. The van der Waals surface area contributed by atoms with E-state index in [0.29, 0.717) is 17.9 Å². The van der Waals surface area contributed by atoms with Crippen molar-refractivity contribution < 1.29 is 22.7 Å². The molecule has 2 aromatic rings. The van der Waals surface area contributed by atoms with Crippen LogP contribution < -0.4 is 20.1 Å². The summed E-state index contributed by atoms with van der Waals surface area (Å²) in [7, 11) is -2.07. The largest absolute Gasteiger partial charge is 0.495 e. The number of anilines is 1. The number of rotatable bonds is 8. The summed E-state index contributed by atoms with van der Waals surface area (Å²) in [5, 5.41) is 5.04. The second-order valence-corrected chi connectivity index (χ2v) is 8.29. The monoisotopic (exact) mass is 419 g/mol. The molecule has 0 aliphatic heterocycles. The first-order valence-electron chi connectivity index (χ1n) is 9.06. The Kier molecular flexibility index (Phi) is 7.74. The molecule has 0 aromatic heterocycles. The molecule has 0 unspecified atom stereocenters. The summed E-state index contributed by atoms with van der Waals surface area (Å²) >= 11 is 0. The molecule has 156 valence electrons. The Morgan fingerprint density at radius 2 is 1.66 bits per heavy atom. The fourth-order valence-electron chi connectivity index (χ4n) is 2.54. The van der Waals surface area contributed by atoms with Crippen LogP contribution in [-0.4, -0.2) is 39.9 Å². The Bertz CT molecular complexity index is 956. The van der Waals surface area contributed by atoms with Gasteiger partial charge in [-0.15, -0.1) is 0 Å². The van der Waals surface area contributed by atoms with E-state index in [-0.39, 0.29) is 17.5 Å². The van der Waals surface area contributed by atoms with Crippen molar-refractivity contribution in [2.75, 3.05) is 19.0 Å². The molecule has 0 fully saturated rings. The van der Waals surface area contributed by atoms with Crippen LogP contribution in [-0.2, 0) is 26.0 Å². The average Bonchev–Trinajstić information content (AvgIpc) is 2.67. The van der Waals surface area contributed by atoms with Crippen molar-refractivity contribution >= 4 is 27.5 Å². The number of hydrogen-bond donors (Lipinski definition) is 3. The van der Waals surface area contributed by atoms with Gasteiger partial charge in [-0.1, -0.05) is 24.3 Å². The molecule has 0 aliphatic carbocycles. The lowest BCUT2D eigenvalue weighted by molar-refractivity contribution is -0.136. The Balaban J connectivity index is 1.86. The molecule has 0 atom stereocenters. The third kappa shape index (κ3) is 6.58. The van der Waals surface area contributed by atoms with Gasteiger partial charge in [0.05, 0.1) is 17.7 Å². The van der Waals surface area contributed by atoms with Crippen molar-refractivity contribution in [2.24, 2.45) is 0 Å². The van der Waals surface area contributed by atoms with Crippen molar-refractivity contribution in [1.29, 1.82) is 0 Å². The van der Waals surface area contributed by atoms with E-state index < -0.39 is 21.8 Å². The first-order chi connectivity index (χ1) is 13.7. The number of methoxy groups -OCH3 is 1. The van der Waals surface area contributed by atoms with Gasteiger partial charge in [-0.2, -0.15) is 0 Å². The lowest BCUT2D eigenvalue weighted by atomic mass is 10.1. The summed E-state index contributed by atoms with van der Waals surface area (Å²) in [6, 6.07) is 13.0. The summed E-state index contributed by atoms with van der Waals surface area (Å²) < 4.78 is 31.9. The Morgan fingerprint density at radius 3 is 2.28 bits per heavy atom. The number of hydrogen-bond acceptors (Lipinski definition) is 5. The van der Waals surface area contributed by atoms with Gasteiger partial charge in [-0.3, -0.25) is 9.59 Å². The minimum Gasteiger partial charge on any atom is -0.495 e. The van der Waals surface area contributed by atoms with Gasteiger partial charge in [0.1, 0.15) is 5.75 Å². The van der Waals surface area contributed by atoms with Crippen molar-refractivity contribution in [3.05, 3.63) is 54.1 Å². The molecule has 0 saturated heterocycles. The van der Waals surface area contributed by atoms with Gasteiger partial charge in [-0.25, -0.2) is 13.1 Å². The number of ether oxygens (including phenoxy) is 1. The molecule has 2 rings (SSSR count). The summed E-state index contributed by atoms with van der Waals surface area (Å²) in [5.41, 5.74) is 1.24. The van der Waals surface area contributed by atoms with E-state index in [4.69, 9.17) is 4.74 Å². The molecule has 0 bridgehead atoms. The van der Waals surface area contributed by atoms with E-state index in [1.54, 1.807) is 50.2 Å². The predicted octanol–water partition coefficient (Wildman–Crippen LogP) is 1.68. The number of nitrogens with one attached hydrogen (secondary N) is 3. The van der Waals surface area contributed by atoms with Gasteiger partial charge in [0.2, 0.25) is 10.0 Å². The summed E-state index contributed by atoms with van der Waals surface area (Å²) in [6.07, 6.45) is 0.450. The van der Waals surface area contributed by atoms with Crippen LogP contribution in [0.5, 0.6) is 5.75 Å². The number of carbonyl (C=O) groups excluding carboxylic acids is 2. The fraction of sp³-hybridized carbons (Fsp3) is 0.300. The van der Waals surface area contributed by atoms with Gasteiger partial charge in [0, 0.05) is 12.6 Å². The van der Waals surface area contributed by atoms with Gasteiger partial charge in [0.25, 0.3) is 0 Å². The van der Waals surface area contributed by atoms with Crippen LogP contribution in [0.2, 0.25) is 0 Å². The van der Waals surface area contributed by atoms with Crippen LogP contribution in [0.15, 0.2) is 53.4 Å². The minimum atomic E-state index is -3.54. The standard InChI is InChI=1S/C20H25N3O5S/c1-14(2)23-29(26,27)16-10-8-15(9-11-16)12-13-21-19(24)20(25)22-17-6-4-5-7-18(17)28-3/h4-11,14,23H,12-13H2,1-3H3,(H,21,24)(H,22,25). The first-order valence-corrected chi connectivity index (χ1v) is 10.5. The van der Waals surface area contributed by atoms with E-state index in [1.807, 2.05) is 0 Å². The summed E-state index contributed by atoms with van der Waals surface area (Å²) in [6.45, 7) is 3.73. The molecule has 8 nitrogen and oxygen atoms in total. The van der Waals surface area contributed by atoms with E-state index in [0.717, 1.165) is 5.56 Å². The predicted molar refractivity (Wildman–Crippen MR) is 110 cm³/mol. The Hall–Kier alpha value is -2.91. The number of benzene rings is 2. The van der Waals surface area contributed by atoms with E-state index in [1.165, 1.54) is 19.2 Å². The summed E-state index contributed by atoms with van der Waals surface area (Å²) in [5.74, 6) is -1.11. The highest BCUT2D eigenvalue weighted by molar-refractivity contribution is 7.89. The van der Waals surface area contributed by atoms with E-state index in [2.05, 4.69) is 15.4 Å². The lowest BCUT2D eigenvalue weighted by Crippen LogP contribution is -2.36. The second kappa shape index (κ2) is 10.0. The number of carbonyl (C=O) groups is 2. The number of amides is 2. The average molecular weight is 420 g/mol. The molecule has 29 heavy (non-hydrogen) atoms. The van der Waals surface area contributed by atoms with Crippen LogP contribution >= 0.6 is 0 Å². The summed E-state index contributed by atoms with van der Waals surface area (Å²) in [4.78, 5) is 24.2. The van der Waals surface area contributed by atoms with Gasteiger partial charge in [0.15, 0.2) is 0 Å². The molecular weight excluding hydrogens is 394 g/mol. The molecule has 2 amide bonds. The maximum Gasteiger partial charge on any atom is 0.313 e. The third-order valence-corrected chi connectivity index (χ3v) is 5.56. The van der Waals surface area contributed by atoms with Crippen LogP contribution in [0.3, 0.4) is 0 Å². The van der Waals surface area contributed by atoms with Gasteiger partial charge >= 0.3 is 11.8 Å². The molecule has 0 saturated carbocycles. The zero-order valence-corrected chi connectivity index (χ0v) is 17.4. The molecular formula is C20H25N3O5S. The second-order valence-electron chi connectivity index (χ2n) is 6.58. The zero-order valence-electron chi connectivity index (χ0n) is 16.6. The van der Waals surface area contributed by atoms with Gasteiger partial charge in [-0.05, 0) is 50.1 Å². The van der Waals surface area contributed by atoms with Crippen molar-refractivity contribution in [3.8, 4) is 5.75 Å². The third-order valence-electron chi connectivity index (χ3n) is 3.89. The number of para-hydroxylation sites is 2. The van der Waals surface area contributed by atoms with Crippen molar-refractivity contribution in [1.82, 2.24) is 10.0 Å². The molecule has 0 spiro atoms. The lowest BCUT2D eigenvalue weighted by Gasteiger charge is -2.11. The normalized spacial score (nSPS) is 11.2. The van der Waals surface area contributed by atoms with Crippen LogP contribution in [0.1, 0.15) is 19.4 Å². The van der Waals surface area contributed by atoms with Crippen molar-refractivity contribution in [3.63, 3.8) is 0 Å². The highest BCUT2D eigenvalue weighted by atomic mass is 32.2. The molecule has 2 aromatic carbocycles. The van der Waals surface area contributed by atoms with Gasteiger partial charge < -0.3 is 15.4 Å². The topological polar surface area (TPSA) is 114 Å². The van der Waals surface area contributed by atoms with E-state index >= 15 is 0 Å². The Morgan fingerprint density at radius 1 is 1.00 bits per heavy atom. The smallest absolute Gasteiger partial charge is 0.313 e. The zero-order chi connectivity index (χ0) is 21.4.